The first-order valence-electron chi connectivity index (χ1n) is 12.8. The number of aliphatic hydroxyl groups is 1. The van der Waals surface area contributed by atoms with Gasteiger partial charge in [-0.1, -0.05) is 51.1 Å². The lowest BCUT2D eigenvalue weighted by molar-refractivity contribution is -0.142. The minimum atomic E-state index is -3.67. The Morgan fingerprint density at radius 2 is 1.70 bits per heavy atom. The van der Waals surface area contributed by atoms with E-state index in [0.717, 1.165) is 23.8 Å². The SMILES string of the molecule is CC(C)(C)[C@@H](N(CC[C@H](N)CF)C(=O)CO)n1cc(-c2cc(F)ccc2F)nc1Cc1ccccc1.CS(=O)(=O)O.O.O. The van der Waals surface area contributed by atoms with Crippen LogP contribution in [0, 0.1) is 17.0 Å². The van der Waals surface area contributed by atoms with E-state index in [9.17, 15) is 31.5 Å². The third-order valence-corrected chi connectivity index (χ3v) is 5.95. The fourth-order valence-electron chi connectivity index (χ4n) is 4.27. The Morgan fingerprint density at radius 1 is 1.12 bits per heavy atom. The van der Waals surface area contributed by atoms with Crippen molar-refractivity contribution in [3.63, 3.8) is 0 Å². The number of hydrogen-bond acceptors (Lipinski definition) is 6. The molecule has 1 aromatic heterocycles. The first kappa shape index (κ1) is 39.7. The van der Waals surface area contributed by atoms with Crippen molar-refractivity contribution in [1.82, 2.24) is 14.5 Å². The van der Waals surface area contributed by atoms with Crippen molar-refractivity contribution in [1.29, 1.82) is 0 Å². The summed E-state index contributed by atoms with van der Waals surface area (Å²) in [4.78, 5) is 19.0. The van der Waals surface area contributed by atoms with Crippen molar-refractivity contribution in [3.05, 3.63) is 77.8 Å². The predicted octanol–water partition coefficient (Wildman–Crippen LogP) is 2.33. The zero-order valence-corrected chi connectivity index (χ0v) is 25.3. The molecule has 1 amide bonds. The molecule has 3 aromatic rings. The van der Waals surface area contributed by atoms with E-state index in [1.165, 1.54) is 4.90 Å². The summed E-state index contributed by atoms with van der Waals surface area (Å²) in [6.07, 6.45) is 2.17. The molecule has 0 aliphatic carbocycles. The van der Waals surface area contributed by atoms with Crippen LogP contribution < -0.4 is 5.73 Å². The first-order chi connectivity index (χ1) is 19.0. The van der Waals surface area contributed by atoms with Crippen molar-refractivity contribution in [2.24, 2.45) is 11.1 Å². The van der Waals surface area contributed by atoms with Gasteiger partial charge in [0.25, 0.3) is 10.1 Å². The topological polar surface area (TPSA) is 202 Å². The maximum Gasteiger partial charge on any atom is 0.261 e. The summed E-state index contributed by atoms with van der Waals surface area (Å²) in [5.41, 5.74) is 6.33. The smallest absolute Gasteiger partial charge is 0.261 e. The number of imidazole rings is 1. The third-order valence-electron chi connectivity index (χ3n) is 5.95. The number of nitrogens with zero attached hydrogens (tertiary/aromatic N) is 3. The second-order valence-electron chi connectivity index (χ2n) is 10.7. The van der Waals surface area contributed by atoms with E-state index < -0.39 is 58.6 Å². The highest BCUT2D eigenvalue weighted by molar-refractivity contribution is 7.85. The number of carbonyl (C=O) groups excluding carboxylic acids is 1. The summed E-state index contributed by atoms with van der Waals surface area (Å²) in [5.74, 6) is -1.27. The molecule has 15 heteroatoms. The van der Waals surface area contributed by atoms with E-state index in [1.54, 1.807) is 10.8 Å². The number of alkyl halides is 1. The van der Waals surface area contributed by atoms with Crippen LogP contribution in [-0.4, -0.2) is 81.5 Å². The number of aliphatic hydroxyl groups excluding tert-OH is 1. The molecule has 0 bridgehead atoms. The summed E-state index contributed by atoms with van der Waals surface area (Å²) >= 11 is 0. The second kappa shape index (κ2) is 17.1. The molecule has 0 aliphatic rings. The van der Waals surface area contributed by atoms with E-state index in [2.05, 4.69) is 4.98 Å². The molecule has 2 atom stereocenters. The van der Waals surface area contributed by atoms with Gasteiger partial charge in [-0.25, -0.2) is 18.2 Å². The minimum Gasteiger partial charge on any atom is -0.412 e. The van der Waals surface area contributed by atoms with Gasteiger partial charge in [0.1, 0.15) is 36.9 Å². The van der Waals surface area contributed by atoms with E-state index >= 15 is 0 Å². The van der Waals surface area contributed by atoms with Gasteiger partial charge in [-0.15, -0.1) is 0 Å². The lowest BCUT2D eigenvalue weighted by atomic mass is 9.90. The van der Waals surface area contributed by atoms with Gasteiger partial charge in [-0.05, 0) is 30.2 Å². The van der Waals surface area contributed by atoms with Gasteiger partial charge in [0.05, 0.1) is 11.9 Å². The quantitative estimate of drug-likeness (QED) is 0.284. The Labute approximate surface area is 249 Å². The molecule has 0 aliphatic heterocycles. The number of benzene rings is 2. The summed E-state index contributed by atoms with van der Waals surface area (Å²) in [7, 11) is -3.67. The van der Waals surface area contributed by atoms with E-state index in [1.807, 2.05) is 51.1 Å². The molecule has 43 heavy (non-hydrogen) atoms. The molecule has 0 saturated heterocycles. The van der Waals surface area contributed by atoms with Crippen molar-refractivity contribution >= 4 is 16.0 Å². The first-order valence-corrected chi connectivity index (χ1v) is 14.6. The number of amides is 1. The summed E-state index contributed by atoms with van der Waals surface area (Å²) in [6, 6.07) is 11.9. The van der Waals surface area contributed by atoms with Crippen LogP contribution in [0.3, 0.4) is 0 Å². The molecule has 242 valence electrons. The van der Waals surface area contributed by atoms with E-state index in [0.29, 0.717) is 18.5 Å². The number of aromatic nitrogens is 2. The Hall–Kier alpha value is -3.34. The monoisotopic (exact) mass is 634 g/mol. The fraction of sp³-hybridized carbons (Fsp3) is 0.429. The van der Waals surface area contributed by atoms with Crippen molar-refractivity contribution in [2.75, 3.05) is 26.1 Å². The van der Waals surface area contributed by atoms with Gasteiger partial charge in [0.15, 0.2) is 0 Å². The standard InChI is InChI=1S/C27H33F3N4O2.CH4O3S.2H2O/c1-27(2,3)26(33(25(36)17-35)12-11-20(31)15-28)34-16-23(21-14-19(29)9-10-22(21)30)32-24(34)13-18-7-5-4-6-8-18;1-5(2,3)4;;/h4-10,14,16,20,26,35H,11-13,15,17,31H2,1-3H3;1H3,(H,2,3,4);2*1H2/t20-,26-;;;/m0.../s1. The molecular weight excluding hydrogens is 593 g/mol. The number of hydrogen-bond donors (Lipinski definition) is 3. The van der Waals surface area contributed by atoms with Gasteiger partial charge in [-0.2, -0.15) is 8.42 Å². The molecular formula is C28H41F3N4O7S. The molecule has 3 rings (SSSR count). The van der Waals surface area contributed by atoms with E-state index in [4.69, 9.17) is 10.3 Å². The van der Waals surface area contributed by atoms with Crippen molar-refractivity contribution < 1.29 is 47.0 Å². The summed E-state index contributed by atoms with van der Waals surface area (Å²) in [6.45, 7) is 4.36. The van der Waals surface area contributed by atoms with Gasteiger partial charge in [0.2, 0.25) is 5.91 Å². The molecule has 0 saturated carbocycles. The van der Waals surface area contributed by atoms with Gasteiger partial charge >= 0.3 is 0 Å². The second-order valence-corrected chi connectivity index (χ2v) is 12.1. The zero-order valence-electron chi connectivity index (χ0n) is 24.5. The van der Waals surface area contributed by atoms with Crippen LogP contribution in [0.5, 0.6) is 0 Å². The maximum absolute atomic E-state index is 14.7. The van der Waals surface area contributed by atoms with Crippen LogP contribution in [0.4, 0.5) is 13.2 Å². The highest BCUT2D eigenvalue weighted by atomic mass is 32.2. The Balaban J connectivity index is 0.00000232. The maximum atomic E-state index is 14.7. The number of rotatable bonds is 10. The molecule has 1 heterocycles. The van der Waals surface area contributed by atoms with Gasteiger partial charge in [-0.3, -0.25) is 9.35 Å². The number of halogens is 3. The largest absolute Gasteiger partial charge is 0.412 e. The average molecular weight is 635 g/mol. The molecule has 11 nitrogen and oxygen atoms in total. The lowest BCUT2D eigenvalue weighted by Gasteiger charge is -2.41. The highest BCUT2D eigenvalue weighted by Gasteiger charge is 2.36. The van der Waals surface area contributed by atoms with Crippen LogP contribution in [0.25, 0.3) is 11.3 Å². The Bertz CT molecular complexity index is 1390. The number of nitrogens with two attached hydrogens (primary N) is 1. The molecule has 8 N–H and O–H groups in total. The summed E-state index contributed by atoms with van der Waals surface area (Å²) in [5, 5.41) is 9.73. The van der Waals surface area contributed by atoms with Crippen LogP contribution in [0.1, 0.15) is 44.7 Å². The molecule has 0 spiro atoms. The molecule has 0 fully saturated rings. The lowest BCUT2D eigenvalue weighted by Crippen LogP contribution is -2.47. The van der Waals surface area contributed by atoms with Crippen LogP contribution >= 0.6 is 0 Å². The summed E-state index contributed by atoms with van der Waals surface area (Å²) < 4.78 is 69.4. The normalized spacial score (nSPS) is 12.6. The average Bonchev–Trinajstić information content (AvgIpc) is 3.28. The predicted molar refractivity (Wildman–Crippen MR) is 157 cm³/mol. The Morgan fingerprint density at radius 3 is 2.21 bits per heavy atom. The van der Waals surface area contributed by atoms with E-state index in [-0.39, 0.29) is 35.2 Å². The van der Waals surface area contributed by atoms with Gasteiger partial charge in [0, 0.05) is 36.2 Å². The van der Waals surface area contributed by atoms with Crippen molar-refractivity contribution in [3.8, 4) is 11.3 Å². The fourth-order valence-corrected chi connectivity index (χ4v) is 4.27. The highest BCUT2D eigenvalue weighted by Crippen LogP contribution is 2.37. The molecule has 0 unspecified atom stereocenters. The van der Waals surface area contributed by atoms with Crippen LogP contribution in [-0.2, 0) is 21.3 Å². The van der Waals surface area contributed by atoms with Crippen molar-refractivity contribution in [2.45, 2.75) is 45.8 Å². The molecule has 2 aromatic carbocycles. The van der Waals surface area contributed by atoms with Gasteiger partial charge < -0.3 is 31.3 Å². The third kappa shape index (κ3) is 12.4. The van der Waals surface area contributed by atoms with Crippen LogP contribution in [0.15, 0.2) is 54.7 Å². The number of carbonyl (C=O) groups is 1. The Kier molecular flexibility index (Phi) is 15.8. The zero-order chi connectivity index (χ0) is 31.0. The minimum absolute atomic E-state index is 0. The van der Waals surface area contributed by atoms with Crippen LogP contribution in [0.2, 0.25) is 0 Å². The molecule has 0 radical (unpaired) electrons.